The molecule has 0 radical (unpaired) electrons. The highest BCUT2D eigenvalue weighted by Crippen LogP contribution is 2.29. The first-order chi connectivity index (χ1) is 13.5. The van der Waals surface area contributed by atoms with E-state index in [1.54, 1.807) is 24.3 Å². The van der Waals surface area contributed by atoms with Crippen molar-refractivity contribution < 1.29 is 18.4 Å². The molecule has 3 aromatic rings. The predicted molar refractivity (Wildman–Crippen MR) is 98.4 cm³/mol. The summed E-state index contributed by atoms with van der Waals surface area (Å²) in [5.41, 5.74) is 7.93. The van der Waals surface area contributed by atoms with Crippen LogP contribution in [0.4, 0.5) is 14.9 Å². The molecule has 8 nitrogen and oxygen atoms in total. The lowest BCUT2D eigenvalue weighted by molar-refractivity contribution is 0.145. The fourth-order valence-electron chi connectivity index (χ4n) is 3.09. The molecule has 0 saturated carbocycles. The van der Waals surface area contributed by atoms with Crippen LogP contribution in [0.5, 0.6) is 0 Å². The quantitative estimate of drug-likeness (QED) is 0.696. The molecular formula is C19H17FN4O4. The van der Waals surface area contributed by atoms with Gasteiger partial charge in [0.25, 0.3) is 0 Å². The summed E-state index contributed by atoms with van der Waals surface area (Å²) in [5, 5.41) is 3.62. The van der Waals surface area contributed by atoms with Gasteiger partial charge in [-0.15, -0.1) is 0 Å². The smallest absolute Gasteiger partial charge is 0.438 e. The van der Waals surface area contributed by atoms with Crippen LogP contribution in [0.1, 0.15) is 11.4 Å². The first kappa shape index (κ1) is 17.9. The highest BCUT2D eigenvalue weighted by molar-refractivity contribution is 5.90. The van der Waals surface area contributed by atoms with Gasteiger partial charge in [0.05, 0.1) is 12.2 Å². The molecule has 0 aliphatic carbocycles. The Morgan fingerprint density at radius 1 is 1.21 bits per heavy atom. The molecule has 1 fully saturated rings. The summed E-state index contributed by atoms with van der Waals surface area (Å²) in [5.74, 6) is -0.634. The first-order valence-corrected chi connectivity index (χ1v) is 8.65. The fourth-order valence-corrected chi connectivity index (χ4v) is 3.09. The number of carbonyl (C=O) groups excluding carboxylic acids is 1. The Labute approximate surface area is 158 Å². The van der Waals surface area contributed by atoms with Crippen LogP contribution in [0.15, 0.2) is 51.8 Å². The van der Waals surface area contributed by atoms with Crippen LogP contribution in [-0.2, 0) is 11.2 Å². The van der Waals surface area contributed by atoms with Crippen LogP contribution in [0.25, 0.3) is 11.1 Å². The number of aromatic amines is 1. The standard InChI is InChI=1S/C19H17FN4O4/c20-16-8-13(24-10-14(9-21)27-19(24)26)5-6-15(16)12-3-1-11(2-4-12)7-17-22-18(25)28-23-17/h1-6,8,14H,7,9-10,21H2,(H,22,23,25)/t14-/m0/s1. The van der Waals surface area contributed by atoms with Crippen molar-refractivity contribution in [3.05, 3.63) is 70.2 Å². The summed E-state index contributed by atoms with van der Waals surface area (Å²) < 4.78 is 24.2. The number of cyclic esters (lactones) is 1. The van der Waals surface area contributed by atoms with Gasteiger partial charge in [-0.25, -0.2) is 14.0 Å². The normalized spacial score (nSPS) is 16.4. The Morgan fingerprint density at radius 3 is 2.61 bits per heavy atom. The number of nitrogens with zero attached hydrogens (tertiary/aromatic N) is 2. The number of nitrogens with one attached hydrogen (secondary N) is 1. The van der Waals surface area contributed by atoms with Crippen LogP contribution in [0.3, 0.4) is 0 Å². The molecule has 1 aromatic heterocycles. The van der Waals surface area contributed by atoms with Crippen molar-refractivity contribution in [2.75, 3.05) is 18.0 Å². The van der Waals surface area contributed by atoms with Gasteiger partial charge in [0.2, 0.25) is 0 Å². The largest absolute Gasteiger partial charge is 0.443 e. The summed E-state index contributed by atoms with van der Waals surface area (Å²) >= 11 is 0. The average Bonchev–Trinajstić information content (AvgIpc) is 3.27. The number of amides is 1. The number of hydrogen-bond donors (Lipinski definition) is 2. The SMILES string of the molecule is NC[C@H]1CN(c2ccc(-c3ccc(Cc4noc(=O)[nH]4)cc3)c(F)c2)C(=O)O1. The van der Waals surface area contributed by atoms with Crippen molar-refractivity contribution in [2.45, 2.75) is 12.5 Å². The summed E-state index contributed by atoms with van der Waals surface area (Å²) in [6, 6.07) is 11.8. The van der Waals surface area contributed by atoms with E-state index in [1.165, 1.54) is 11.0 Å². The second-order valence-corrected chi connectivity index (χ2v) is 6.43. The van der Waals surface area contributed by atoms with Crippen molar-refractivity contribution in [1.82, 2.24) is 10.1 Å². The molecule has 2 heterocycles. The molecule has 144 valence electrons. The summed E-state index contributed by atoms with van der Waals surface area (Å²) in [4.78, 5) is 26.7. The lowest BCUT2D eigenvalue weighted by atomic mass is 10.0. The number of H-pyrrole nitrogens is 1. The van der Waals surface area contributed by atoms with Gasteiger partial charge in [0.15, 0.2) is 5.82 Å². The number of carbonyl (C=O) groups is 1. The van der Waals surface area contributed by atoms with Crippen molar-refractivity contribution in [2.24, 2.45) is 5.73 Å². The zero-order chi connectivity index (χ0) is 19.7. The van der Waals surface area contributed by atoms with E-state index in [-0.39, 0.29) is 12.6 Å². The topological polar surface area (TPSA) is 114 Å². The fraction of sp³-hybridized carbons (Fsp3) is 0.211. The van der Waals surface area contributed by atoms with E-state index < -0.39 is 17.7 Å². The number of ether oxygens (including phenoxy) is 1. The van der Waals surface area contributed by atoms with E-state index >= 15 is 0 Å². The monoisotopic (exact) mass is 384 g/mol. The Hall–Kier alpha value is -3.46. The van der Waals surface area contributed by atoms with Crippen LogP contribution < -0.4 is 16.4 Å². The Balaban J connectivity index is 1.53. The number of hydrogen-bond acceptors (Lipinski definition) is 6. The molecule has 0 spiro atoms. The Morgan fingerprint density at radius 2 is 2.00 bits per heavy atom. The molecule has 9 heteroatoms. The average molecular weight is 384 g/mol. The number of halogens is 1. The molecule has 4 rings (SSSR count). The molecule has 1 atom stereocenters. The maximum absolute atomic E-state index is 14.7. The van der Waals surface area contributed by atoms with E-state index in [0.29, 0.717) is 35.6 Å². The van der Waals surface area contributed by atoms with Gasteiger partial charge >= 0.3 is 11.8 Å². The van der Waals surface area contributed by atoms with Crippen LogP contribution in [0, 0.1) is 5.82 Å². The molecule has 1 aliphatic heterocycles. The molecule has 1 aliphatic rings. The number of nitrogens with two attached hydrogens (primary N) is 1. The lowest BCUT2D eigenvalue weighted by Crippen LogP contribution is -2.27. The maximum atomic E-state index is 14.7. The second kappa shape index (κ2) is 7.28. The van der Waals surface area contributed by atoms with Crippen LogP contribution in [-0.4, -0.2) is 35.4 Å². The molecule has 2 aromatic carbocycles. The molecule has 1 amide bonds. The van der Waals surface area contributed by atoms with Crippen LogP contribution >= 0.6 is 0 Å². The summed E-state index contributed by atoms with van der Waals surface area (Å²) in [6.07, 6.45) is -0.521. The lowest BCUT2D eigenvalue weighted by Gasteiger charge is -2.14. The van der Waals surface area contributed by atoms with Gasteiger partial charge < -0.3 is 10.5 Å². The van der Waals surface area contributed by atoms with E-state index in [0.717, 1.165) is 5.56 Å². The molecule has 1 saturated heterocycles. The first-order valence-electron chi connectivity index (χ1n) is 8.65. The van der Waals surface area contributed by atoms with Crippen molar-refractivity contribution in [1.29, 1.82) is 0 Å². The van der Waals surface area contributed by atoms with E-state index in [2.05, 4.69) is 14.7 Å². The second-order valence-electron chi connectivity index (χ2n) is 6.43. The predicted octanol–water partition coefficient (Wildman–Crippen LogP) is 2.04. The Kier molecular flexibility index (Phi) is 4.66. The van der Waals surface area contributed by atoms with Gasteiger partial charge in [0, 0.05) is 18.5 Å². The number of aromatic nitrogens is 2. The van der Waals surface area contributed by atoms with Crippen LogP contribution in [0.2, 0.25) is 0 Å². The van der Waals surface area contributed by atoms with E-state index in [1.807, 2.05) is 12.1 Å². The van der Waals surface area contributed by atoms with Crippen molar-refractivity contribution in [3.8, 4) is 11.1 Å². The highest BCUT2D eigenvalue weighted by atomic mass is 19.1. The van der Waals surface area contributed by atoms with Gasteiger partial charge in [-0.05, 0) is 29.3 Å². The van der Waals surface area contributed by atoms with Crippen molar-refractivity contribution >= 4 is 11.8 Å². The highest BCUT2D eigenvalue weighted by Gasteiger charge is 2.31. The minimum atomic E-state index is -0.603. The minimum Gasteiger partial charge on any atom is -0.443 e. The van der Waals surface area contributed by atoms with Gasteiger partial charge in [-0.2, -0.15) is 0 Å². The zero-order valence-electron chi connectivity index (χ0n) is 14.7. The van der Waals surface area contributed by atoms with Gasteiger partial charge in [-0.1, -0.05) is 29.4 Å². The summed E-state index contributed by atoms with van der Waals surface area (Å²) in [7, 11) is 0. The van der Waals surface area contributed by atoms with Crippen molar-refractivity contribution in [3.63, 3.8) is 0 Å². The Bertz CT molecular complexity index is 1060. The third-order valence-electron chi connectivity index (χ3n) is 4.52. The molecule has 28 heavy (non-hydrogen) atoms. The number of benzene rings is 2. The summed E-state index contributed by atoms with van der Waals surface area (Å²) in [6.45, 7) is 0.518. The molecule has 3 N–H and O–H groups in total. The zero-order valence-corrected chi connectivity index (χ0v) is 14.7. The van der Waals surface area contributed by atoms with Gasteiger partial charge in [0.1, 0.15) is 11.9 Å². The maximum Gasteiger partial charge on any atom is 0.438 e. The van der Waals surface area contributed by atoms with Gasteiger partial charge in [-0.3, -0.25) is 14.4 Å². The molecule has 0 unspecified atom stereocenters. The third kappa shape index (κ3) is 3.52. The van der Waals surface area contributed by atoms with E-state index in [9.17, 15) is 14.0 Å². The third-order valence-corrected chi connectivity index (χ3v) is 4.52. The minimum absolute atomic E-state index is 0.220. The number of rotatable bonds is 5. The number of anilines is 1. The van der Waals surface area contributed by atoms with E-state index in [4.69, 9.17) is 10.5 Å². The molecular weight excluding hydrogens is 367 g/mol. The molecule has 0 bridgehead atoms.